The van der Waals surface area contributed by atoms with Gasteiger partial charge in [0.25, 0.3) is 5.91 Å². The molecule has 0 saturated carbocycles. The van der Waals surface area contributed by atoms with Gasteiger partial charge in [-0.3, -0.25) is 4.79 Å². The van der Waals surface area contributed by atoms with Gasteiger partial charge >= 0.3 is 0 Å². The maximum absolute atomic E-state index is 13.3. The molecule has 0 saturated heterocycles. The highest BCUT2D eigenvalue weighted by Crippen LogP contribution is 2.30. The average Bonchev–Trinajstić information content (AvgIpc) is 3.26. The second-order valence-electron chi connectivity index (χ2n) is 7.78. The third kappa shape index (κ3) is 4.32. The van der Waals surface area contributed by atoms with Gasteiger partial charge in [0, 0.05) is 24.6 Å². The lowest BCUT2D eigenvalue weighted by molar-refractivity contribution is 0.0742. The molecule has 0 unspecified atom stereocenters. The van der Waals surface area contributed by atoms with Crippen LogP contribution in [0.15, 0.2) is 53.6 Å². The molecule has 0 N–H and O–H groups in total. The molecule has 9 heteroatoms. The number of amides is 1. The minimum absolute atomic E-state index is 0.0605. The number of rotatable bonds is 5. The van der Waals surface area contributed by atoms with Crippen LogP contribution in [-0.4, -0.2) is 41.4 Å². The second-order valence-corrected chi connectivity index (χ2v) is 9.80. The van der Waals surface area contributed by atoms with Gasteiger partial charge in [-0.15, -0.1) is 0 Å². The van der Waals surface area contributed by atoms with Crippen LogP contribution in [0, 0.1) is 5.82 Å². The van der Waals surface area contributed by atoms with E-state index in [9.17, 15) is 17.6 Å². The summed E-state index contributed by atoms with van der Waals surface area (Å²) in [7, 11) is -3.48. The molecule has 1 aliphatic heterocycles. The Kier molecular flexibility index (Phi) is 5.30. The van der Waals surface area contributed by atoms with Crippen molar-refractivity contribution in [3.05, 3.63) is 71.3 Å². The van der Waals surface area contributed by atoms with Crippen molar-refractivity contribution < 1.29 is 22.3 Å². The van der Waals surface area contributed by atoms with Gasteiger partial charge in [0.05, 0.1) is 34.5 Å². The summed E-state index contributed by atoms with van der Waals surface area (Å²) >= 11 is 0. The van der Waals surface area contributed by atoms with E-state index >= 15 is 0 Å². The molecule has 0 atom stereocenters. The largest absolute Gasteiger partial charge is 0.490 e. The molecule has 0 spiro atoms. The molecule has 31 heavy (non-hydrogen) atoms. The van der Waals surface area contributed by atoms with Crippen molar-refractivity contribution in [3.8, 4) is 11.4 Å². The van der Waals surface area contributed by atoms with E-state index < -0.39 is 9.84 Å². The second kappa shape index (κ2) is 7.81. The molecule has 3 aromatic rings. The van der Waals surface area contributed by atoms with Crippen molar-refractivity contribution in [2.75, 3.05) is 6.26 Å². The van der Waals surface area contributed by atoms with Crippen LogP contribution >= 0.6 is 0 Å². The molecule has 1 amide bonds. The number of aromatic nitrogens is 2. The molecule has 0 fully saturated rings. The lowest BCUT2D eigenvalue weighted by Crippen LogP contribution is -2.27. The van der Waals surface area contributed by atoms with Gasteiger partial charge < -0.3 is 9.64 Å². The number of hydrogen-bond acceptors (Lipinski definition) is 5. The summed E-state index contributed by atoms with van der Waals surface area (Å²) in [5, 5.41) is 4.52. The highest BCUT2D eigenvalue weighted by molar-refractivity contribution is 7.90. The van der Waals surface area contributed by atoms with E-state index in [0.29, 0.717) is 12.3 Å². The first-order chi connectivity index (χ1) is 14.6. The van der Waals surface area contributed by atoms with Crippen molar-refractivity contribution in [2.45, 2.75) is 37.9 Å². The maximum atomic E-state index is 13.3. The summed E-state index contributed by atoms with van der Waals surface area (Å²) in [6, 6.07) is 10.3. The Labute approximate surface area is 180 Å². The number of carbonyl (C=O) groups is 1. The Morgan fingerprint density at radius 3 is 2.45 bits per heavy atom. The predicted octanol–water partition coefficient (Wildman–Crippen LogP) is 3.36. The SMILES string of the molecule is CC(C)Oc1ccc(S(C)(=O)=O)cc1C(=O)N1Cc2cn(-c3ccc(F)cc3)nc2C1. The number of benzene rings is 2. The quantitative estimate of drug-likeness (QED) is 0.604. The molecule has 0 aliphatic carbocycles. The number of nitrogens with zero attached hydrogens (tertiary/aromatic N) is 3. The van der Waals surface area contributed by atoms with Crippen LogP contribution in [0.5, 0.6) is 5.75 Å². The molecule has 1 aromatic heterocycles. The van der Waals surface area contributed by atoms with Gasteiger partial charge in [0.2, 0.25) is 0 Å². The Bertz CT molecular complexity index is 1230. The summed E-state index contributed by atoms with van der Waals surface area (Å²) < 4.78 is 44.5. The fraction of sp³-hybridized carbons (Fsp3) is 0.273. The van der Waals surface area contributed by atoms with Gasteiger partial charge in [-0.2, -0.15) is 5.10 Å². The third-order valence-corrected chi connectivity index (χ3v) is 6.04. The molecule has 4 rings (SSSR count). The number of ether oxygens (including phenoxy) is 1. The Hall–Kier alpha value is -3.20. The fourth-order valence-electron chi connectivity index (χ4n) is 3.46. The summed E-state index contributed by atoms with van der Waals surface area (Å²) in [6.07, 6.45) is 2.74. The minimum Gasteiger partial charge on any atom is -0.490 e. The van der Waals surface area contributed by atoms with Crippen LogP contribution in [0.3, 0.4) is 0 Å². The highest BCUT2D eigenvalue weighted by atomic mass is 32.2. The van der Waals surface area contributed by atoms with Crippen LogP contribution in [0.2, 0.25) is 0 Å². The van der Waals surface area contributed by atoms with Gasteiger partial charge in [0.1, 0.15) is 11.6 Å². The van der Waals surface area contributed by atoms with E-state index in [1.807, 2.05) is 20.0 Å². The fourth-order valence-corrected chi connectivity index (χ4v) is 4.10. The number of hydrogen-bond donors (Lipinski definition) is 0. The van der Waals surface area contributed by atoms with Gasteiger partial charge in [0.15, 0.2) is 9.84 Å². The molecule has 7 nitrogen and oxygen atoms in total. The zero-order valence-electron chi connectivity index (χ0n) is 17.4. The van der Waals surface area contributed by atoms with Crippen molar-refractivity contribution in [3.63, 3.8) is 0 Å². The third-order valence-electron chi connectivity index (χ3n) is 4.93. The summed E-state index contributed by atoms with van der Waals surface area (Å²) in [6.45, 7) is 4.29. The average molecular weight is 444 g/mol. The van der Waals surface area contributed by atoms with Crippen LogP contribution in [0.4, 0.5) is 4.39 Å². The van der Waals surface area contributed by atoms with Crippen LogP contribution in [0.1, 0.15) is 35.5 Å². The lowest BCUT2D eigenvalue weighted by Gasteiger charge is -2.20. The van der Waals surface area contributed by atoms with Crippen molar-refractivity contribution in [1.29, 1.82) is 0 Å². The summed E-state index contributed by atoms with van der Waals surface area (Å²) in [5.74, 6) is -0.309. The summed E-state index contributed by atoms with van der Waals surface area (Å²) in [5.41, 5.74) is 2.54. The number of fused-ring (bicyclic) bond motifs is 1. The predicted molar refractivity (Wildman–Crippen MR) is 112 cm³/mol. The molecule has 162 valence electrons. The van der Waals surface area contributed by atoms with Crippen molar-refractivity contribution in [2.24, 2.45) is 0 Å². The van der Waals surface area contributed by atoms with Crippen LogP contribution < -0.4 is 4.74 Å². The Balaban J connectivity index is 1.60. The zero-order valence-corrected chi connectivity index (χ0v) is 18.2. The Morgan fingerprint density at radius 2 is 1.84 bits per heavy atom. The number of carbonyl (C=O) groups excluding carboxylic acids is 1. The van der Waals surface area contributed by atoms with E-state index in [4.69, 9.17) is 4.74 Å². The maximum Gasteiger partial charge on any atom is 0.258 e. The topological polar surface area (TPSA) is 81.5 Å². The standard InChI is InChI=1S/C22H22FN3O4S/c1-14(2)30-21-9-8-18(31(3,28)29)10-19(21)22(27)25-11-15-12-26(24-20(15)13-25)17-6-4-16(23)5-7-17/h4-10,12,14H,11,13H2,1-3H3. The minimum atomic E-state index is -3.48. The van der Waals surface area contributed by atoms with E-state index in [1.165, 1.54) is 30.3 Å². The molecule has 1 aliphatic rings. The van der Waals surface area contributed by atoms with Crippen molar-refractivity contribution in [1.82, 2.24) is 14.7 Å². The monoisotopic (exact) mass is 443 g/mol. The molecule has 0 bridgehead atoms. The molecular formula is C22H22FN3O4S. The lowest BCUT2D eigenvalue weighted by atomic mass is 10.1. The smallest absolute Gasteiger partial charge is 0.258 e. The van der Waals surface area contributed by atoms with E-state index in [-0.39, 0.29) is 34.8 Å². The first-order valence-corrected chi connectivity index (χ1v) is 11.6. The number of halogens is 1. The Morgan fingerprint density at radius 1 is 1.13 bits per heavy atom. The summed E-state index contributed by atoms with van der Waals surface area (Å²) in [4.78, 5) is 14.9. The molecular weight excluding hydrogens is 421 g/mol. The van der Waals surface area contributed by atoms with Gasteiger partial charge in [-0.1, -0.05) is 0 Å². The highest BCUT2D eigenvalue weighted by Gasteiger charge is 2.30. The van der Waals surface area contributed by atoms with Crippen LogP contribution in [-0.2, 0) is 22.9 Å². The molecule has 2 heterocycles. The van der Waals surface area contributed by atoms with Crippen molar-refractivity contribution >= 4 is 15.7 Å². The van der Waals surface area contributed by atoms with E-state index in [2.05, 4.69) is 5.10 Å². The molecule has 2 aromatic carbocycles. The van der Waals surface area contributed by atoms with Gasteiger partial charge in [-0.25, -0.2) is 17.5 Å². The first kappa shape index (κ1) is 21.0. The number of sulfone groups is 1. The van der Waals surface area contributed by atoms with E-state index in [0.717, 1.165) is 23.2 Å². The van der Waals surface area contributed by atoms with Gasteiger partial charge in [-0.05, 0) is 56.3 Å². The molecule has 0 radical (unpaired) electrons. The van der Waals surface area contributed by atoms with Crippen LogP contribution in [0.25, 0.3) is 5.69 Å². The normalized spacial score (nSPS) is 13.5. The zero-order chi connectivity index (χ0) is 22.3. The first-order valence-electron chi connectivity index (χ1n) is 9.75. The van der Waals surface area contributed by atoms with E-state index in [1.54, 1.807) is 21.7 Å².